The first-order valence-corrected chi connectivity index (χ1v) is 6.29. The number of hydrogen-bond donors (Lipinski definition) is 1. The fourth-order valence-corrected chi connectivity index (χ4v) is 2.30. The lowest BCUT2D eigenvalue weighted by atomic mass is 9.94. The van der Waals surface area contributed by atoms with Gasteiger partial charge in [0.05, 0.1) is 0 Å². The van der Waals surface area contributed by atoms with Crippen molar-refractivity contribution < 1.29 is 14.3 Å². The van der Waals surface area contributed by atoms with Crippen LogP contribution in [0, 0.1) is 5.92 Å². The fourth-order valence-electron chi connectivity index (χ4n) is 2.30. The molecule has 0 aliphatic carbocycles. The summed E-state index contributed by atoms with van der Waals surface area (Å²) in [6.07, 6.45) is 1.76. The molecular weight excluding hydrogens is 220 g/mol. The molecule has 0 radical (unpaired) electrons. The van der Waals surface area contributed by atoms with E-state index in [1.54, 1.807) is 0 Å². The molecule has 0 saturated carbocycles. The van der Waals surface area contributed by atoms with Crippen molar-refractivity contribution in [1.82, 2.24) is 10.2 Å². The van der Waals surface area contributed by atoms with Gasteiger partial charge in [-0.05, 0) is 39.8 Å². The lowest BCUT2D eigenvalue weighted by Gasteiger charge is -2.35. The molecule has 0 bridgehead atoms. The summed E-state index contributed by atoms with van der Waals surface area (Å²) < 4.78 is 4.62. The van der Waals surface area contributed by atoms with E-state index < -0.39 is 6.04 Å². The van der Waals surface area contributed by atoms with Gasteiger partial charge >= 0.3 is 5.97 Å². The number of rotatable bonds is 3. The van der Waals surface area contributed by atoms with E-state index in [4.69, 9.17) is 0 Å². The van der Waals surface area contributed by atoms with Crippen LogP contribution in [0.4, 0.5) is 0 Å². The van der Waals surface area contributed by atoms with Crippen LogP contribution in [0.15, 0.2) is 0 Å². The largest absolute Gasteiger partial charge is 0.461 e. The predicted molar refractivity (Wildman–Crippen MR) is 62.3 cm³/mol. The van der Waals surface area contributed by atoms with Crippen molar-refractivity contribution in [3.63, 3.8) is 0 Å². The third-order valence-electron chi connectivity index (χ3n) is 3.62. The highest BCUT2D eigenvalue weighted by molar-refractivity contribution is 5.88. The highest BCUT2D eigenvalue weighted by atomic mass is 16.6. The third kappa shape index (κ3) is 2.77. The molecule has 0 aromatic rings. The van der Waals surface area contributed by atoms with Crippen molar-refractivity contribution in [2.75, 3.05) is 19.7 Å². The lowest BCUT2D eigenvalue weighted by Crippen LogP contribution is -2.55. The monoisotopic (exact) mass is 240 g/mol. The summed E-state index contributed by atoms with van der Waals surface area (Å²) >= 11 is 0. The minimum absolute atomic E-state index is 0.00931. The zero-order chi connectivity index (χ0) is 12.4. The van der Waals surface area contributed by atoms with Crippen LogP contribution in [0.1, 0.15) is 26.7 Å². The molecule has 17 heavy (non-hydrogen) atoms. The molecule has 1 atom stereocenters. The van der Waals surface area contributed by atoms with Gasteiger partial charge in [-0.2, -0.15) is 0 Å². The molecule has 2 aliphatic rings. The van der Waals surface area contributed by atoms with E-state index in [1.165, 1.54) is 0 Å². The molecule has 1 unspecified atom stereocenters. The fraction of sp³-hybridized carbons (Fsp3) is 0.833. The number of carbonyl (C=O) groups excluding carboxylic acids is 2. The summed E-state index contributed by atoms with van der Waals surface area (Å²) in [4.78, 5) is 25.2. The van der Waals surface area contributed by atoms with Gasteiger partial charge in [0.2, 0.25) is 5.91 Å². The number of esters is 1. The lowest BCUT2D eigenvalue weighted by molar-refractivity contribution is -0.165. The van der Waals surface area contributed by atoms with Crippen LogP contribution < -0.4 is 5.32 Å². The van der Waals surface area contributed by atoms with Crippen LogP contribution in [-0.2, 0) is 14.3 Å². The first kappa shape index (κ1) is 12.4. The number of amides is 1. The Morgan fingerprint density at radius 3 is 2.47 bits per heavy atom. The molecular formula is C12H20N2O3. The molecule has 2 aliphatic heterocycles. The maximum Gasteiger partial charge on any atom is 0.332 e. The molecule has 0 aromatic carbocycles. The van der Waals surface area contributed by atoms with Crippen molar-refractivity contribution >= 4 is 11.9 Å². The zero-order valence-corrected chi connectivity index (χ0v) is 10.4. The van der Waals surface area contributed by atoms with Crippen LogP contribution in [0.5, 0.6) is 0 Å². The van der Waals surface area contributed by atoms with E-state index in [1.807, 2.05) is 0 Å². The minimum Gasteiger partial charge on any atom is -0.461 e. The summed E-state index contributed by atoms with van der Waals surface area (Å²) in [5.74, 6) is -0.244. The number of carbonyl (C=O) groups is 2. The van der Waals surface area contributed by atoms with Gasteiger partial charge in [-0.25, -0.2) is 4.79 Å². The first-order chi connectivity index (χ1) is 8.08. The zero-order valence-electron chi connectivity index (χ0n) is 10.4. The Balaban J connectivity index is 1.76. The van der Waals surface area contributed by atoms with Gasteiger partial charge in [0.25, 0.3) is 0 Å². The van der Waals surface area contributed by atoms with E-state index in [9.17, 15) is 9.59 Å². The normalized spacial score (nSPS) is 26.5. The number of ether oxygens (including phenoxy) is 1. The second-order valence-electron chi connectivity index (χ2n) is 5.10. The summed E-state index contributed by atoms with van der Waals surface area (Å²) in [5, 5.41) is 2.75. The molecule has 2 heterocycles. The Bertz CT molecular complexity index is 309. The predicted octanol–water partition coefficient (Wildman–Crippen LogP) is 0.148. The highest BCUT2D eigenvalue weighted by Crippen LogP contribution is 2.19. The Morgan fingerprint density at radius 2 is 2.06 bits per heavy atom. The van der Waals surface area contributed by atoms with Gasteiger partial charge in [0.15, 0.2) is 6.04 Å². The molecule has 2 rings (SSSR count). The number of nitrogens with zero attached hydrogens (tertiary/aromatic N) is 1. The minimum atomic E-state index is -0.398. The molecule has 1 amide bonds. The van der Waals surface area contributed by atoms with Gasteiger partial charge in [0.1, 0.15) is 6.61 Å². The van der Waals surface area contributed by atoms with E-state index in [-0.39, 0.29) is 17.8 Å². The van der Waals surface area contributed by atoms with Crippen molar-refractivity contribution in [2.45, 2.75) is 38.8 Å². The molecule has 0 spiro atoms. The molecule has 2 saturated heterocycles. The molecule has 2 fully saturated rings. The van der Waals surface area contributed by atoms with Gasteiger partial charge in [-0.3, -0.25) is 4.79 Å². The average molecular weight is 240 g/mol. The number of piperidine rings is 1. The number of likely N-dealkylation sites (tertiary alicyclic amines) is 1. The van der Waals surface area contributed by atoms with Crippen molar-refractivity contribution in [3.8, 4) is 0 Å². The standard InChI is InChI=1S/C12H20N2O3/c1-8(2)14-5-3-9(4-6-14)11(15)13-10-7-17-12(10)16/h8-10H,3-7H2,1-2H3,(H,13,15). The van der Waals surface area contributed by atoms with Gasteiger partial charge in [0, 0.05) is 12.0 Å². The van der Waals surface area contributed by atoms with Crippen LogP contribution in [-0.4, -0.2) is 48.6 Å². The van der Waals surface area contributed by atoms with Crippen LogP contribution in [0.3, 0.4) is 0 Å². The summed E-state index contributed by atoms with van der Waals surface area (Å²) in [7, 11) is 0. The van der Waals surface area contributed by atoms with E-state index in [0.29, 0.717) is 12.6 Å². The maximum atomic E-state index is 11.9. The van der Waals surface area contributed by atoms with E-state index in [0.717, 1.165) is 25.9 Å². The first-order valence-electron chi connectivity index (χ1n) is 6.29. The third-order valence-corrected chi connectivity index (χ3v) is 3.62. The smallest absolute Gasteiger partial charge is 0.332 e. The Hall–Kier alpha value is -1.10. The quantitative estimate of drug-likeness (QED) is 0.713. The van der Waals surface area contributed by atoms with E-state index >= 15 is 0 Å². The summed E-state index contributed by atoms with van der Waals surface area (Å²) in [5.41, 5.74) is 0. The summed E-state index contributed by atoms with van der Waals surface area (Å²) in [6.45, 7) is 6.60. The molecule has 96 valence electrons. The molecule has 1 N–H and O–H groups in total. The molecule has 0 aromatic heterocycles. The number of nitrogens with one attached hydrogen (secondary N) is 1. The van der Waals surface area contributed by atoms with Crippen molar-refractivity contribution in [2.24, 2.45) is 5.92 Å². The Morgan fingerprint density at radius 1 is 1.41 bits per heavy atom. The van der Waals surface area contributed by atoms with Crippen molar-refractivity contribution in [1.29, 1.82) is 0 Å². The second-order valence-corrected chi connectivity index (χ2v) is 5.10. The van der Waals surface area contributed by atoms with Crippen molar-refractivity contribution in [3.05, 3.63) is 0 Å². The number of cyclic esters (lactones) is 1. The Labute approximate surface area is 101 Å². The van der Waals surface area contributed by atoms with Crippen LogP contribution >= 0.6 is 0 Å². The number of hydrogen-bond acceptors (Lipinski definition) is 4. The SMILES string of the molecule is CC(C)N1CCC(C(=O)NC2COC2=O)CC1. The van der Waals surface area contributed by atoms with E-state index in [2.05, 4.69) is 28.8 Å². The van der Waals surface area contributed by atoms with Gasteiger partial charge in [-0.1, -0.05) is 0 Å². The molecule has 5 heteroatoms. The average Bonchev–Trinajstić information content (AvgIpc) is 2.34. The second kappa shape index (κ2) is 5.04. The van der Waals surface area contributed by atoms with Crippen LogP contribution in [0.2, 0.25) is 0 Å². The Kier molecular flexibility index (Phi) is 3.66. The van der Waals surface area contributed by atoms with Gasteiger partial charge < -0.3 is 15.0 Å². The van der Waals surface area contributed by atoms with Gasteiger partial charge in [-0.15, -0.1) is 0 Å². The summed E-state index contributed by atoms with van der Waals surface area (Å²) in [6, 6.07) is 0.145. The highest BCUT2D eigenvalue weighted by Gasteiger charge is 2.35. The van der Waals surface area contributed by atoms with Crippen LogP contribution in [0.25, 0.3) is 0 Å². The molecule has 5 nitrogen and oxygen atoms in total. The topological polar surface area (TPSA) is 58.6 Å². The maximum absolute atomic E-state index is 11.9.